The molecule has 2 aromatic rings. The summed E-state index contributed by atoms with van der Waals surface area (Å²) in [6.07, 6.45) is 0.746. The molecule has 5 heteroatoms. The Kier molecular flexibility index (Phi) is 5.45. The van der Waals surface area contributed by atoms with Gasteiger partial charge in [0, 0.05) is 12.0 Å². The number of methoxy groups -OCH3 is 1. The van der Waals surface area contributed by atoms with E-state index in [1.165, 1.54) is 0 Å². The Balaban J connectivity index is 1.99. The first kappa shape index (κ1) is 19.9. The zero-order valence-electron chi connectivity index (χ0n) is 17.2. The first-order valence-corrected chi connectivity index (χ1v) is 9.56. The molecule has 5 nitrogen and oxygen atoms in total. The fourth-order valence-corrected chi connectivity index (χ4v) is 3.60. The van der Waals surface area contributed by atoms with Gasteiger partial charge in [0.1, 0.15) is 11.8 Å². The lowest BCUT2D eigenvalue weighted by Crippen LogP contribution is -2.49. The fourth-order valence-electron chi connectivity index (χ4n) is 3.60. The van der Waals surface area contributed by atoms with E-state index < -0.39 is 11.5 Å². The molecule has 1 atom stereocenters. The maximum Gasteiger partial charge on any atom is 0.251 e. The van der Waals surface area contributed by atoms with Gasteiger partial charge in [-0.1, -0.05) is 51.1 Å². The highest BCUT2D eigenvalue weighted by molar-refractivity contribution is 6.00. The first-order valence-electron chi connectivity index (χ1n) is 9.56. The average molecular weight is 380 g/mol. The molecular weight excluding hydrogens is 352 g/mol. The molecule has 148 valence electrons. The molecule has 0 radical (unpaired) electrons. The second kappa shape index (κ2) is 7.66. The highest BCUT2D eigenvalue weighted by Crippen LogP contribution is 2.35. The lowest BCUT2D eigenvalue weighted by molar-refractivity contribution is -0.146. The van der Waals surface area contributed by atoms with Crippen LogP contribution in [0.3, 0.4) is 0 Å². The lowest BCUT2D eigenvalue weighted by atomic mass is 9.87. The number of fused-ring (bicyclic) bond motifs is 1. The van der Waals surface area contributed by atoms with E-state index >= 15 is 0 Å². The Morgan fingerprint density at radius 2 is 1.86 bits per heavy atom. The Morgan fingerprint density at radius 3 is 2.54 bits per heavy atom. The molecule has 1 aliphatic rings. The molecule has 0 saturated carbocycles. The van der Waals surface area contributed by atoms with Crippen LogP contribution in [0.5, 0.6) is 5.75 Å². The summed E-state index contributed by atoms with van der Waals surface area (Å²) < 4.78 is 5.42. The van der Waals surface area contributed by atoms with Crippen LogP contribution in [0.15, 0.2) is 42.5 Å². The van der Waals surface area contributed by atoms with Crippen molar-refractivity contribution in [2.24, 2.45) is 5.41 Å². The maximum absolute atomic E-state index is 13.4. The predicted molar refractivity (Wildman–Crippen MR) is 110 cm³/mol. The van der Waals surface area contributed by atoms with Crippen molar-refractivity contribution in [1.29, 1.82) is 0 Å². The Bertz CT molecular complexity index is 899. The minimum Gasteiger partial charge on any atom is -0.495 e. The molecular formula is C23H28N2O3. The zero-order valence-corrected chi connectivity index (χ0v) is 17.2. The van der Waals surface area contributed by atoms with E-state index in [9.17, 15) is 9.59 Å². The number of amides is 2. The SMILES string of the molecule is COc1cc(C)ccc1NC(=O)C1c2ccccc2CCN1C(=O)C(C)(C)C. The van der Waals surface area contributed by atoms with Crippen LogP contribution in [0, 0.1) is 12.3 Å². The number of nitrogens with one attached hydrogen (secondary N) is 1. The lowest BCUT2D eigenvalue weighted by Gasteiger charge is -2.39. The topological polar surface area (TPSA) is 58.6 Å². The summed E-state index contributed by atoms with van der Waals surface area (Å²) in [6.45, 7) is 8.14. The highest BCUT2D eigenvalue weighted by Gasteiger charge is 2.39. The van der Waals surface area contributed by atoms with Crippen LogP contribution < -0.4 is 10.1 Å². The number of hydrogen-bond acceptors (Lipinski definition) is 3. The van der Waals surface area contributed by atoms with E-state index in [0.29, 0.717) is 18.0 Å². The van der Waals surface area contributed by atoms with Gasteiger partial charge in [0.25, 0.3) is 5.91 Å². The van der Waals surface area contributed by atoms with Gasteiger partial charge in [-0.3, -0.25) is 9.59 Å². The zero-order chi connectivity index (χ0) is 20.5. The summed E-state index contributed by atoms with van der Waals surface area (Å²) >= 11 is 0. The largest absolute Gasteiger partial charge is 0.495 e. The van der Waals surface area contributed by atoms with Crippen molar-refractivity contribution in [2.45, 2.75) is 40.2 Å². The third kappa shape index (κ3) is 3.88. The number of carbonyl (C=O) groups is 2. The number of anilines is 1. The fraction of sp³-hybridized carbons (Fsp3) is 0.391. The van der Waals surface area contributed by atoms with Crippen molar-refractivity contribution >= 4 is 17.5 Å². The van der Waals surface area contributed by atoms with Crippen molar-refractivity contribution in [3.63, 3.8) is 0 Å². The van der Waals surface area contributed by atoms with Crippen LogP contribution in [0.25, 0.3) is 0 Å². The minimum absolute atomic E-state index is 0.0296. The van der Waals surface area contributed by atoms with E-state index in [2.05, 4.69) is 5.32 Å². The normalized spacial score (nSPS) is 16.3. The second-order valence-electron chi connectivity index (χ2n) is 8.29. The Hall–Kier alpha value is -2.82. The third-order valence-electron chi connectivity index (χ3n) is 5.05. The summed E-state index contributed by atoms with van der Waals surface area (Å²) in [5, 5.41) is 2.98. The van der Waals surface area contributed by atoms with E-state index in [-0.39, 0.29) is 11.8 Å². The Morgan fingerprint density at radius 1 is 1.14 bits per heavy atom. The van der Waals surface area contributed by atoms with Gasteiger partial charge in [-0.15, -0.1) is 0 Å². The summed E-state index contributed by atoms with van der Waals surface area (Å²) in [5.41, 5.74) is 3.07. The molecule has 2 amide bonds. The quantitative estimate of drug-likeness (QED) is 0.872. The highest BCUT2D eigenvalue weighted by atomic mass is 16.5. The smallest absolute Gasteiger partial charge is 0.251 e. The molecule has 0 spiro atoms. The van der Waals surface area contributed by atoms with Gasteiger partial charge in [0.05, 0.1) is 12.8 Å². The molecule has 1 aliphatic heterocycles. The number of hydrogen-bond donors (Lipinski definition) is 1. The van der Waals surface area contributed by atoms with E-state index in [4.69, 9.17) is 4.74 Å². The van der Waals surface area contributed by atoms with Crippen LogP contribution in [0.4, 0.5) is 5.69 Å². The second-order valence-corrected chi connectivity index (χ2v) is 8.29. The van der Waals surface area contributed by atoms with Crippen molar-refractivity contribution < 1.29 is 14.3 Å². The first-order chi connectivity index (χ1) is 13.2. The molecule has 0 aromatic heterocycles. The number of ether oxygens (including phenoxy) is 1. The summed E-state index contributed by atoms with van der Waals surface area (Å²) in [5.74, 6) is 0.344. The predicted octanol–water partition coefficient (Wildman–Crippen LogP) is 4.11. The Labute approximate surface area is 166 Å². The molecule has 0 aliphatic carbocycles. The summed E-state index contributed by atoms with van der Waals surface area (Å²) in [7, 11) is 1.58. The van der Waals surface area contributed by atoms with Crippen molar-refractivity contribution in [3.8, 4) is 5.75 Å². The van der Waals surface area contributed by atoms with Crippen molar-refractivity contribution in [1.82, 2.24) is 4.90 Å². The molecule has 1 N–H and O–H groups in total. The van der Waals surface area contributed by atoms with E-state index in [1.54, 1.807) is 12.0 Å². The van der Waals surface area contributed by atoms with Crippen LogP contribution in [0.2, 0.25) is 0 Å². The number of carbonyl (C=O) groups excluding carboxylic acids is 2. The van der Waals surface area contributed by atoms with Crippen molar-refractivity contribution in [2.75, 3.05) is 19.0 Å². The van der Waals surface area contributed by atoms with E-state index in [0.717, 1.165) is 23.1 Å². The van der Waals surface area contributed by atoms with Gasteiger partial charge in [-0.05, 0) is 42.2 Å². The molecule has 0 bridgehead atoms. The number of rotatable bonds is 3. The van der Waals surface area contributed by atoms with Crippen LogP contribution >= 0.6 is 0 Å². The van der Waals surface area contributed by atoms with Gasteiger partial charge in [0.2, 0.25) is 5.91 Å². The number of nitrogens with zero attached hydrogens (tertiary/aromatic N) is 1. The minimum atomic E-state index is -0.664. The molecule has 2 aromatic carbocycles. The monoisotopic (exact) mass is 380 g/mol. The molecule has 1 heterocycles. The van der Waals surface area contributed by atoms with Crippen LogP contribution in [0.1, 0.15) is 43.5 Å². The number of aryl methyl sites for hydroxylation is 1. The van der Waals surface area contributed by atoms with Gasteiger partial charge in [-0.25, -0.2) is 0 Å². The molecule has 1 unspecified atom stereocenters. The van der Waals surface area contributed by atoms with E-state index in [1.807, 2.05) is 70.2 Å². The van der Waals surface area contributed by atoms with Crippen LogP contribution in [-0.2, 0) is 16.0 Å². The number of benzene rings is 2. The molecule has 0 fully saturated rings. The van der Waals surface area contributed by atoms with Gasteiger partial charge >= 0.3 is 0 Å². The standard InChI is InChI=1S/C23H28N2O3/c1-15-10-11-18(19(14-15)28-5)24-21(26)20-17-9-7-6-8-16(17)12-13-25(20)22(27)23(2,3)4/h6-11,14,20H,12-13H2,1-5H3,(H,24,26). The molecule has 0 saturated heterocycles. The molecule has 3 rings (SSSR count). The van der Waals surface area contributed by atoms with Gasteiger partial charge in [-0.2, -0.15) is 0 Å². The molecule has 28 heavy (non-hydrogen) atoms. The van der Waals surface area contributed by atoms with Crippen molar-refractivity contribution in [3.05, 3.63) is 59.2 Å². The summed E-state index contributed by atoms with van der Waals surface area (Å²) in [4.78, 5) is 28.2. The van der Waals surface area contributed by atoms with Crippen LogP contribution in [-0.4, -0.2) is 30.4 Å². The van der Waals surface area contributed by atoms with Gasteiger partial charge < -0.3 is 15.0 Å². The average Bonchev–Trinajstić information content (AvgIpc) is 2.66. The summed E-state index contributed by atoms with van der Waals surface area (Å²) in [6, 6.07) is 12.8. The van der Waals surface area contributed by atoms with Gasteiger partial charge in [0.15, 0.2) is 0 Å². The third-order valence-corrected chi connectivity index (χ3v) is 5.05. The maximum atomic E-state index is 13.4.